The van der Waals surface area contributed by atoms with Gasteiger partial charge in [-0.05, 0) is 12.2 Å². The van der Waals surface area contributed by atoms with Crippen LogP contribution >= 0.6 is 11.3 Å². The second kappa shape index (κ2) is 4.54. The molecule has 1 fully saturated rings. The van der Waals surface area contributed by atoms with Gasteiger partial charge in [-0.1, -0.05) is 0 Å². The van der Waals surface area contributed by atoms with Gasteiger partial charge in [-0.25, -0.2) is 4.98 Å². The molecule has 0 aliphatic carbocycles. The fraction of sp³-hybridized carbons (Fsp3) is 0.500. The predicted octanol–water partition coefficient (Wildman–Crippen LogP) is 0.527. The molecule has 0 spiro atoms. The Morgan fingerprint density at radius 3 is 2.72 bits per heavy atom. The molecule has 96 valence electrons. The second-order valence-corrected chi connectivity index (χ2v) is 5.15. The van der Waals surface area contributed by atoms with Gasteiger partial charge in [-0.2, -0.15) is 4.98 Å². The predicted molar refractivity (Wildman–Crippen MR) is 69.5 cm³/mol. The van der Waals surface area contributed by atoms with Crippen molar-refractivity contribution < 1.29 is 4.52 Å². The van der Waals surface area contributed by atoms with Crippen LogP contribution in [0.5, 0.6) is 0 Å². The first kappa shape index (κ1) is 11.4. The Morgan fingerprint density at radius 1 is 1.28 bits per heavy atom. The SMILES string of the molecule is CN1CCN(c2noc(-c3csc(N)n3)n2)CC1. The molecular formula is C10H14N6OS. The van der Waals surface area contributed by atoms with Crippen molar-refractivity contribution in [3.05, 3.63) is 5.38 Å². The van der Waals surface area contributed by atoms with Gasteiger partial charge in [0.15, 0.2) is 5.13 Å². The van der Waals surface area contributed by atoms with Crippen LogP contribution in [0.2, 0.25) is 0 Å². The maximum absolute atomic E-state index is 5.58. The quantitative estimate of drug-likeness (QED) is 0.848. The number of likely N-dealkylation sites (N-methyl/N-ethyl adjacent to an activating group) is 1. The summed E-state index contributed by atoms with van der Waals surface area (Å²) in [5.74, 6) is 1.06. The first-order valence-corrected chi connectivity index (χ1v) is 6.59. The van der Waals surface area contributed by atoms with Crippen LogP contribution in [0.15, 0.2) is 9.90 Å². The molecule has 2 aromatic rings. The smallest absolute Gasteiger partial charge is 0.279 e. The van der Waals surface area contributed by atoms with Crippen LogP contribution in [0.25, 0.3) is 11.6 Å². The van der Waals surface area contributed by atoms with Crippen molar-refractivity contribution in [1.82, 2.24) is 20.0 Å². The molecule has 0 unspecified atom stereocenters. The minimum Gasteiger partial charge on any atom is -0.375 e. The average Bonchev–Trinajstić information content (AvgIpc) is 2.98. The lowest BCUT2D eigenvalue weighted by Gasteiger charge is -2.31. The Labute approximate surface area is 108 Å². The summed E-state index contributed by atoms with van der Waals surface area (Å²) in [6.07, 6.45) is 0. The van der Waals surface area contributed by atoms with Gasteiger partial charge in [0.1, 0.15) is 5.69 Å². The highest BCUT2D eigenvalue weighted by molar-refractivity contribution is 7.13. The van der Waals surface area contributed by atoms with E-state index in [1.165, 1.54) is 11.3 Å². The molecule has 0 amide bonds. The summed E-state index contributed by atoms with van der Waals surface area (Å²) < 4.78 is 5.22. The maximum Gasteiger partial charge on any atom is 0.279 e. The molecular weight excluding hydrogens is 252 g/mol. The Hall–Kier alpha value is -1.67. The topological polar surface area (TPSA) is 84.3 Å². The Balaban J connectivity index is 1.77. The third-order valence-electron chi connectivity index (χ3n) is 2.94. The number of aromatic nitrogens is 3. The zero-order chi connectivity index (χ0) is 12.5. The molecule has 7 nitrogen and oxygen atoms in total. The molecule has 8 heteroatoms. The lowest BCUT2D eigenvalue weighted by Crippen LogP contribution is -2.44. The van der Waals surface area contributed by atoms with Gasteiger partial charge < -0.3 is 20.1 Å². The highest BCUT2D eigenvalue weighted by Gasteiger charge is 2.20. The standard InChI is InChI=1S/C10H14N6OS/c1-15-2-4-16(5-3-15)10-13-8(17-14-10)7-6-18-9(11)12-7/h6H,2-5H2,1H3,(H2,11,12). The van der Waals surface area contributed by atoms with Crippen LogP contribution in [0.1, 0.15) is 0 Å². The molecule has 0 bridgehead atoms. The van der Waals surface area contributed by atoms with Gasteiger partial charge in [0, 0.05) is 31.6 Å². The van der Waals surface area contributed by atoms with Crippen LogP contribution in [0, 0.1) is 0 Å². The summed E-state index contributed by atoms with van der Waals surface area (Å²) in [4.78, 5) is 12.9. The second-order valence-electron chi connectivity index (χ2n) is 4.26. The van der Waals surface area contributed by atoms with E-state index in [1.807, 2.05) is 5.38 Å². The molecule has 0 radical (unpaired) electrons. The molecule has 18 heavy (non-hydrogen) atoms. The molecule has 1 aliphatic rings. The normalized spacial score (nSPS) is 17.3. The fourth-order valence-electron chi connectivity index (χ4n) is 1.84. The molecule has 1 aliphatic heterocycles. The molecule has 0 atom stereocenters. The molecule has 3 rings (SSSR count). The first-order valence-electron chi connectivity index (χ1n) is 5.71. The van der Waals surface area contributed by atoms with E-state index in [4.69, 9.17) is 10.3 Å². The molecule has 3 heterocycles. The van der Waals surface area contributed by atoms with Crippen LogP contribution in [-0.4, -0.2) is 53.3 Å². The number of nitrogens with zero attached hydrogens (tertiary/aromatic N) is 5. The van der Waals surface area contributed by atoms with E-state index >= 15 is 0 Å². The van der Waals surface area contributed by atoms with Crippen molar-refractivity contribution >= 4 is 22.4 Å². The van der Waals surface area contributed by atoms with Crippen LogP contribution in [-0.2, 0) is 0 Å². The number of nitrogens with two attached hydrogens (primary N) is 1. The third kappa shape index (κ3) is 2.16. The van der Waals surface area contributed by atoms with E-state index in [9.17, 15) is 0 Å². The summed E-state index contributed by atoms with van der Waals surface area (Å²) >= 11 is 1.36. The lowest BCUT2D eigenvalue weighted by atomic mass is 10.3. The van der Waals surface area contributed by atoms with E-state index in [-0.39, 0.29) is 0 Å². The number of thiazole rings is 1. The van der Waals surface area contributed by atoms with Gasteiger partial charge in [0.2, 0.25) is 0 Å². The van der Waals surface area contributed by atoms with E-state index in [2.05, 4.69) is 32.0 Å². The van der Waals surface area contributed by atoms with E-state index in [1.54, 1.807) is 0 Å². The number of anilines is 2. The lowest BCUT2D eigenvalue weighted by molar-refractivity contribution is 0.309. The Kier molecular flexibility index (Phi) is 2.88. The number of piperazine rings is 1. The van der Waals surface area contributed by atoms with E-state index in [0.717, 1.165) is 26.2 Å². The Morgan fingerprint density at radius 2 is 2.06 bits per heavy atom. The average molecular weight is 266 g/mol. The zero-order valence-electron chi connectivity index (χ0n) is 10.0. The molecule has 2 N–H and O–H groups in total. The van der Waals surface area contributed by atoms with Crippen molar-refractivity contribution in [3.8, 4) is 11.6 Å². The highest BCUT2D eigenvalue weighted by Crippen LogP contribution is 2.23. The van der Waals surface area contributed by atoms with Crippen LogP contribution in [0.3, 0.4) is 0 Å². The minimum absolute atomic E-state index is 0.428. The number of hydrogen-bond donors (Lipinski definition) is 1. The summed E-state index contributed by atoms with van der Waals surface area (Å²) in [6.45, 7) is 3.84. The van der Waals surface area contributed by atoms with Gasteiger partial charge >= 0.3 is 0 Å². The van der Waals surface area contributed by atoms with Gasteiger partial charge in [-0.15, -0.1) is 11.3 Å². The number of hydrogen-bond acceptors (Lipinski definition) is 8. The first-order chi connectivity index (χ1) is 8.72. The summed E-state index contributed by atoms with van der Waals surface area (Å²) in [6, 6.07) is 0. The summed E-state index contributed by atoms with van der Waals surface area (Å²) in [5, 5.41) is 6.32. The van der Waals surface area contributed by atoms with E-state index < -0.39 is 0 Å². The van der Waals surface area contributed by atoms with Crippen molar-refractivity contribution in [2.45, 2.75) is 0 Å². The van der Waals surface area contributed by atoms with Gasteiger partial charge in [0.25, 0.3) is 11.8 Å². The summed E-state index contributed by atoms with van der Waals surface area (Å²) in [5.41, 5.74) is 6.23. The van der Waals surface area contributed by atoms with Crippen molar-refractivity contribution in [2.24, 2.45) is 0 Å². The number of rotatable bonds is 2. The van der Waals surface area contributed by atoms with Crippen molar-refractivity contribution in [3.63, 3.8) is 0 Å². The van der Waals surface area contributed by atoms with Crippen molar-refractivity contribution in [1.29, 1.82) is 0 Å². The van der Waals surface area contributed by atoms with Gasteiger partial charge in [-0.3, -0.25) is 0 Å². The van der Waals surface area contributed by atoms with E-state index in [0.29, 0.717) is 22.7 Å². The fourth-order valence-corrected chi connectivity index (χ4v) is 2.38. The Bertz CT molecular complexity index is 530. The third-order valence-corrected chi connectivity index (χ3v) is 3.62. The van der Waals surface area contributed by atoms with Crippen molar-refractivity contribution in [2.75, 3.05) is 43.9 Å². The molecule has 0 aromatic carbocycles. The minimum atomic E-state index is 0.428. The maximum atomic E-state index is 5.58. The number of nitrogen functional groups attached to an aromatic ring is 1. The van der Waals surface area contributed by atoms with Crippen LogP contribution < -0.4 is 10.6 Å². The zero-order valence-corrected chi connectivity index (χ0v) is 10.9. The monoisotopic (exact) mass is 266 g/mol. The van der Waals surface area contributed by atoms with Crippen LogP contribution in [0.4, 0.5) is 11.1 Å². The molecule has 1 saturated heterocycles. The largest absolute Gasteiger partial charge is 0.375 e. The highest BCUT2D eigenvalue weighted by atomic mass is 32.1. The molecule has 0 saturated carbocycles. The van der Waals surface area contributed by atoms with Gasteiger partial charge in [0.05, 0.1) is 0 Å². The summed E-state index contributed by atoms with van der Waals surface area (Å²) in [7, 11) is 2.11. The molecule has 2 aromatic heterocycles.